The number of hydrogen-bond donors (Lipinski definition) is 1. The zero-order valence-corrected chi connectivity index (χ0v) is 12.8. The zero-order chi connectivity index (χ0) is 14.5. The Morgan fingerprint density at radius 3 is 2.80 bits per heavy atom. The number of rotatable bonds is 5. The van der Waals surface area contributed by atoms with Crippen LogP contribution in [-0.2, 0) is 13.0 Å². The van der Waals surface area contributed by atoms with Crippen LogP contribution in [0.25, 0.3) is 0 Å². The fraction of sp³-hybridized carbons (Fsp3) is 0.267. The van der Waals surface area contributed by atoms with E-state index in [1.807, 2.05) is 19.1 Å². The lowest BCUT2D eigenvalue weighted by Crippen LogP contribution is -2.08. The molecule has 0 bridgehead atoms. The van der Waals surface area contributed by atoms with E-state index in [2.05, 4.69) is 20.9 Å². The zero-order valence-electron chi connectivity index (χ0n) is 11.2. The molecule has 0 saturated heterocycles. The highest BCUT2D eigenvalue weighted by Crippen LogP contribution is 2.21. The minimum Gasteiger partial charge on any atom is -0.487 e. The molecule has 0 aliphatic heterocycles. The van der Waals surface area contributed by atoms with Crippen LogP contribution in [-0.4, -0.2) is 11.5 Å². The van der Waals surface area contributed by atoms with E-state index in [-0.39, 0.29) is 12.4 Å². The highest BCUT2D eigenvalue weighted by atomic mass is 79.9. The van der Waals surface area contributed by atoms with Crippen molar-refractivity contribution in [3.8, 4) is 5.75 Å². The molecule has 0 amide bonds. The molecule has 106 valence electrons. The second-order valence-electron chi connectivity index (χ2n) is 4.46. The molecule has 2 rings (SSSR count). The van der Waals surface area contributed by atoms with E-state index >= 15 is 0 Å². The molecule has 0 fully saturated rings. The summed E-state index contributed by atoms with van der Waals surface area (Å²) in [5.74, 6) is 0.364. The third-order valence-corrected chi connectivity index (χ3v) is 3.34. The van der Waals surface area contributed by atoms with Gasteiger partial charge >= 0.3 is 0 Å². The predicted molar refractivity (Wildman–Crippen MR) is 80.2 cm³/mol. The number of ether oxygens (including phenoxy) is 1. The topological polar surface area (TPSA) is 48.1 Å². The molecular weight excluding hydrogens is 323 g/mol. The summed E-state index contributed by atoms with van der Waals surface area (Å²) in [5.41, 5.74) is 7.80. The fourth-order valence-electron chi connectivity index (χ4n) is 1.84. The largest absolute Gasteiger partial charge is 0.487 e. The highest BCUT2D eigenvalue weighted by molar-refractivity contribution is 9.10. The highest BCUT2D eigenvalue weighted by Gasteiger charge is 2.08. The van der Waals surface area contributed by atoms with Crippen molar-refractivity contribution in [3.05, 3.63) is 57.6 Å². The summed E-state index contributed by atoms with van der Waals surface area (Å²) < 4.78 is 20.1. The number of halogens is 2. The molecule has 0 atom stereocenters. The van der Waals surface area contributed by atoms with Gasteiger partial charge in [0.05, 0.1) is 5.69 Å². The molecule has 5 heteroatoms. The quantitative estimate of drug-likeness (QED) is 0.909. The van der Waals surface area contributed by atoms with Gasteiger partial charge in [-0.1, -0.05) is 22.0 Å². The molecule has 1 aromatic heterocycles. The first kappa shape index (κ1) is 14.9. The van der Waals surface area contributed by atoms with Crippen molar-refractivity contribution in [1.82, 2.24) is 4.98 Å². The van der Waals surface area contributed by atoms with E-state index in [1.165, 1.54) is 6.07 Å². The number of aryl methyl sites for hydroxylation is 1. The Hall–Kier alpha value is -1.46. The number of nitrogens with two attached hydrogens (primary N) is 1. The van der Waals surface area contributed by atoms with E-state index in [4.69, 9.17) is 10.5 Å². The summed E-state index contributed by atoms with van der Waals surface area (Å²) in [5, 5.41) is 0. The second-order valence-corrected chi connectivity index (χ2v) is 5.38. The van der Waals surface area contributed by atoms with E-state index < -0.39 is 0 Å². The Morgan fingerprint density at radius 2 is 2.10 bits per heavy atom. The van der Waals surface area contributed by atoms with Crippen molar-refractivity contribution in [2.24, 2.45) is 5.73 Å². The van der Waals surface area contributed by atoms with Crippen LogP contribution in [0.4, 0.5) is 4.39 Å². The molecule has 0 aliphatic rings. The average molecular weight is 339 g/mol. The molecule has 0 unspecified atom stereocenters. The van der Waals surface area contributed by atoms with Gasteiger partial charge in [0.15, 0.2) is 0 Å². The normalized spacial score (nSPS) is 10.6. The first-order valence-electron chi connectivity index (χ1n) is 6.33. The summed E-state index contributed by atoms with van der Waals surface area (Å²) in [6, 6.07) is 8.63. The minimum absolute atomic E-state index is 0.168. The van der Waals surface area contributed by atoms with Gasteiger partial charge in [-0.05, 0) is 37.7 Å². The Morgan fingerprint density at radius 1 is 1.30 bits per heavy atom. The van der Waals surface area contributed by atoms with Gasteiger partial charge in [0, 0.05) is 22.2 Å². The molecule has 0 radical (unpaired) electrons. The molecule has 0 saturated carbocycles. The van der Waals surface area contributed by atoms with Crippen LogP contribution < -0.4 is 10.5 Å². The second kappa shape index (κ2) is 6.81. The predicted octanol–water partition coefficient (Wildman–Crippen LogP) is 3.37. The maximum absolute atomic E-state index is 13.7. The van der Waals surface area contributed by atoms with E-state index in [1.54, 1.807) is 12.1 Å². The van der Waals surface area contributed by atoms with Gasteiger partial charge in [-0.3, -0.25) is 4.98 Å². The van der Waals surface area contributed by atoms with Gasteiger partial charge < -0.3 is 10.5 Å². The summed E-state index contributed by atoms with van der Waals surface area (Å²) in [6.45, 7) is 2.58. The molecule has 1 aromatic carbocycles. The van der Waals surface area contributed by atoms with Crippen molar-refractivity contribution in [2.75, 3.05) is 6.54 Å². The van der Waals surface area contributed by atoms with Crippen molar-refractivity contribution < 1.29 is 9.13 Å². The number of aromatic nitrogens is 1. The summed E-state index contributed by atoms with van der Waals surface area (Å²) >= 11 is 3.23. The SMILES string of the molecule is Cc1ccc(OCc2ccc(Br)cc2F)c(CCN)n1. The van der Waals surface area contributed by atoms with Crippen LogP contribution in [0.1, 0.15) is 17.0 Å². The number of nitrogens with zero attached hydrogens (tertiary/aromatic N) is 1. The standard InChI is InChI=1S/C15H16BrFN2O/c1-10-2-5-15(14(19-10)6-7-18)20-9-11-3-4-12(16)8-13(11)17/h2-5,8H,6-7,9,18H2,1H3. The van der Waals surface area contributed by atoms with Crippen molar-refractivity contribution in [1.29, 1.82) is 0 Å². The Balaban J connectivity index is 2.14. The van der Waals surface area contributed by atoms with Crippen LogP contribution in [0.5, 0.6) is 5.75 Å². The lowest BCUT2D eigenvalue weighted by Gasteiger charge is -2.11. The molecule has 2 aromatic rings. The van der Waals surface area contributed by atoms with Gasteiger partial charge in [-0.2, -0.15) is 0 Å². The Kier molecular flexibility index (Phi) is 5.09. The minimum atomic E-state index is -0.292. The summed E-state index contributed by atoms with van der Waals surface area (Å²) in [7, 11) is 0. The molecule has 20 heavy (non-hydrogen) atoms. The van der Waals surface area contributed by atoms with Crippen LogP contribution in [0.3, 0.4) is 0 Å². The lowest BCUT2D eigenvalue weighted by atomic mass is 10.2. The third kappa shape index (κ3) is 3.77. The maximum atomic E-state index is 13.7. The number of hydrogen-bond acceptors (Lipinski definition) is 3. The first-order valence-corrected chi connectivity index (χ1v) is 7.13. The van der Waals surface area contributed by atoms with Gasteiger partial charge in [-0.25, -0.2) is 4.39 Å². The smallest absolute Gasteiger partial charge is 0.141 e. The summed E-state index contributed by atoms with van der Waals surface area (Å²) in [4.78, 5) is 4.41. The molecule has 1 heterocycles. The fourth-order valence-corrected chi connectivity index (χ4v) is 2.17. The number of pyridine rings is 1. The first-order chi connectivity index (χ1) is 9.60. The third-order valence-electron chi connectivity index (χ3n) is 2.85. The lowest BCUT2D eigenvalue weighted by molar-refractivity contribution is 0.295. The van der Waals surface area contributed by atoms with E-state index in [0.29, 0.717) is 28.8 Å². The van der Waals surface area contributed by atoms with Crippen molar-refractivity contribution >= 4 is 15.9 Å². The summed E-state index contributed by atoms with van der Waals surface area (Å²) in [6.07, 6.45) is 0.639. The van der Waals surface area contributed by atoms with Gasteiger partial charge in [-0.15, -0.1) is 0 Å². The molecular formula is C15H16BrFN2O. The van der Waals surface area contributed by atoms with Crippen LogP contribution in [0.2, 0.25) is 0 Å². The maximum Gasteiger partial charge on any atom is 0.141 e. The Bertz CT molecular complexity index is 604. The van der Waals surface area contributed by atoms with E-state index in [0.717, 1.165) is 11.4 Å². The molecule has 3 nitrogen and oxygen atoms in total. The van der Waals surface area contributed by atoms with Crippen molar-refractivity contribution in [2.45, 2.75) is 20.0 Å². The van der Waals surface area contributed by atoms with Gasteiger partial charge in [0.25, 0.3) is 0 Å². The monoisotopic (exact) mass is 338 g/mol. The van der Waals surface area contributed by atoms with Crippen molar-refractivity contribution in [3.63, 3.8) is 0 Å². The Labute approximate surface area is 126 Å². The van der Waals surface area contributed by atoms with Gasteiger partial charge in [0.1, 0.15) is 18.2 Å². The number of benzene rings is 1. The molecule has 0 aliphatic carbocycles. The molecule has 2 N–H and O–H groups in total. The van der Waals surface area contributed by atoms with Crippen LogP contribution >= 0.6 is 15.9 Å². The van der Waals surface area contributed by atoms with Gasteiger partial charge in [0.2, 0.25) is 0 Å². The molecule has 0 spiro atoms. The van der Waals surface area contributed by atoms with Crippen LogP contribution in [0.15, 0.2) is 34.8 Å². The average Bonchev–Trinajstić information content (AvgIpc) is 2.40. The van der Waals surface area contributed by atoms with E-state index in [9.17, 15) is 4.39 Å². The van der Waals surface area contributed by atoms with Crippen LogP contribution in [0, 0.1) is 12.7 Å².